The SMILES string of the molecule is CC(CC(=O)N1CCCC(n2cc(C(=O)O)nn2)C1)C(F)(F)F. The molecule has 2 unspecified atom stereocenters. The molecule has 0 aliphatic carbocycles. The smallest absolute Gasteiger partial charge is 0.392 e. The average Bonchev–Trinajstić information content (AvgIpc) is 2.96. The maximum Gasteiger partial charge on any atom is 0.392 e. The third-order valence-electron chi connectivity index (χ3n) is 3.89. The minimum absolute atomic E-state index is 0.200. The van der Waals surface area contributed by atoms with E-state index in [-0.39, 0.29) is 18.3 Å². The summed E-state index contributed by atoms with van der Waals surface area (Å²) >= 11 is 0. The van der Waals surface area contributed by atoms with Crippen molar-refractivity contribution in [3.05, 3.63) is 11.9 Å². The Labute approximate surface area is 130 Å². The van der Waals surface area contributed by atoms with Gasteiger partial charge in [-0.25, -0.2) is 9.48 Å². The quantitative estimate of drug-likeness (QED) is 0.906. The molecule has 10 heteroatoms. The van der Waals surface area contributed by atoms with Gasteiger partial charge in [-0.05, 0) is 12.8 Å². The van der Waals surface area contributed by atoms with E-state index in [1.165, 1.54) is 15.8 Å². The highest BCUT2D eigenvalue weighted by atomic mass is 19.4. The van der Waals surface area contributed by atoms with E-state index in [0.717, 1.165) is 6.92 Å². The van der Waals surface area contributed by atoms with Crippen LogP contribution in [0.1, 0.15) is 42.7 Å². The number of aromatic carboxylic acids is 1. The lowest BCUT2D eigenvalue weighted by atomic mass is 10.0. The standard InChI is InChI=1S/C13H17F3N4O3/c1-8(13(14,15)16)5-11(21)19-4-2-3-9(6-19)20-7-10(12(22)23)17-18-20/h7-9H,2-6H2,1H3,(H,22,23). The summed E-state index contributed by atoms with van der Waals surface area (Å²) in [6.07, 6.45) is -2.46. The number of nitrogens with zero attached hydrogens (tertiary/aromatic N) is 4. The summed E-state index contributed by atoms with van der Waals surface area (Å²) in [4.78, 5) is 24.2. The fourth-order valence-corrected chi connectivity index (χ4v) is 2.46. The molecule has 0 saturated carbocycles. The first-order valence-electron chi connectivity index (χ1n) is 7.18. The van der Waals surface area contributed by atoms with Gasteiger partial charge in [0, 0.05) is 19.5 Å². The number of carbonyl (C=O) groups is 2. The summed E-state index contributed by atoms with van der Waals surface area (Å²) in [5, 5.41) is 16.1. The van der Waals surface area contributed by atoms with Crippen molar-refractivity contribution < 1.29 is 27.9 Å². The van der Waals surface area contributed by atoms with Crippen LogP contribution < -0.4 is 0 Å². The molecule has 23 heavy (non-hydrogen) atoms. The van der Waals surface area contributed by atoms with Crippen molar-refractivity contribution in [3.63, 3.8) is 0 Å². The second-order valence-corrected chi connectivity index (χ2v) is 5.67. The molecule has 2 rings (SSSR count). The second kappa shape index (κ2) is 6.55. The van der Waals surface area contributed by atoms with Gasteiger partial charge in [0.2, 0.25) is 5.91 Å². The molecule has 1 amide bonds. The molecule has 0 radical (unpaired) electrons. The lowest BCUT2D eigenvalue weighted by Crippen LogP contribution is -2.42. The van der Waals surface area contributed by atoms with Gasteiger partial charge in [0.15, 0.2) is 5.69 Å². The number of rotatable bonds is 4. The first kappa shape index (κ1) is 17.2. The van der Waals surface area contributed by atoms with Crippen molar-refractivity contribution in [2.75, 3.05) is 13.1 Å². The average molecular weight is 334 g/mol. The lowest BCUT2D eigenvalue weighted by Gasteiger charge is -2.33. The highest BCUT2D eigenvalue weighted by Crippen LogP contribution is 2.29. The van der Waals surface area contributed by atoms with Gasteiger partial charge in [-0.15, -0.1) is 5.10 Å². The van der Waals surface area contributed by atoms with Gasteiger partial charge in [-0.1, -0.05) is 12.1 Å². The van der Waals surface area contributed by atoms with Crippen LogP contribution in [0.15, 0.2) is 6.20 Å². The first-order chi connectivity index (χ1) is 10.7. The molecule has 2 heterocycles. The first-order valence-corrected chi connectivity index (χ1v) is 7.18. The van der Waals surface area contributed by atoms with E-state index >= 15 is 0 Å². The van der Waals surface area contributed by atoms with E-state index < -0.39 is 30.4 Å². The summed E-state index contributed by atoms with van der Waals surface area (Å²) in [5.41, 5.74) is -0.209. The highest BCUT2D eigenvalue weighted by Gasteiger charge is 2.38. The van der Waals surface area contributed by atoms with Crippen molar-refractivity contribution in [2.45, 2.75) is 38.4 Å². The topological polar surface area (TPSA) is 88.3 Å². The molecule has 1 aliphatic rings. The predicted octanol–water partition coefficient (Wildman–Crippen LogP) is 1.73. The summed E-state index contributed by atoms with van der Waals surface area (Å²) < 4.78 is 39.0. The zero-order chi connectivity index (χ0) is 17.2. The molecule has 1 N–H and O–H groups in total. The molecular weight excluding hydrogens is 317 g/mol. The number of carboxylic acid groups (broad SMARTS) is 1. The number of carboxylic acids is 1. The predicted molar refractivity (Wildman–Crippen MR) is 71.7 cm³/mol. The molecule has 2 atom stereocenters. The van der Waals surface area contributed by atoms with Gasteiger partial charge in [0.05, 0.1) is 18.2 Å². The van der Waals surface area contributed by atoms with Crippen LogP contribution in [0, 0.1) is 5.92 Å². The van der Waals surface area contributed by atoms with Gasteiger partial charge in [0.25, 0.3) is 0 Å². The Balaban J connectivity index is 1.99. The monoisotopic (exact) mass is 334 g/mol. The molecule has 0 aromatic carbocycles. The highest BCUT2D eigenvalue weighted by molar-refractivity contribution is 5.84. The molecule has 0 bridgehead atoms. The van der Waals surface area contributed by atoms with E-state index in [9.17, 15) is 22.8 Å². The van der Waals surface area contributed by atoms with E-state index in [1.807, 2.05) is 0 Å². The molecule has 1 aliphatic heterocycles. The van der Waals surface area contributed by atoms with E-state index in [0.29, 0.717) is 19.4 Å². The molecule has 1 saturated heterocycles. The van der Waals surface area contributed by atoms with E-state index in [4.69, 9.17) is 5.11 Å². The maximum absolute atomic E-state index is 12.5. The van der Waals surface area contributed by atoms with Crippen LogP contribution in [0.25, 0.3) is 0 Å². The molecule has 1 aromatic heterocycles. The van der Waals surface area contributed by atoms with Crippen LogP contribution in [0.3, 0.4) is 0 Å². The Morgan fingerprint density at radius 2 is 2.17 bits per heavy atom. The van der Waals surface area contributed by atoms with Gasteiger partial charge >= 0.3 is 12.1 Å². The second-order valence-electron chi connectivity index (χ2n) is 5.67. The summed E-state index contributed by atoms with van der Waals surface area (Å²) in [6, 6.07) is -0.283. The van der Waals surface area contributed by atoms with Crippen LogP contribution in [-0.4, -0.2) is 56.1 Å². The number of likely N-dealkylation sites (tertiary alicyclic amines) is 1. The minimum atomic E-state index is -4.40. The number of piperidine rings is 1. The Morgan fingerprint density at radius 3 is 2.74 bits per heavy atom. The number of hydrogen-bond acceptors (Lipinski definition) is 4. The number of carbonyl (C=O) groups excluding carboxylic acids is 1. The molecule has 7 nitrogen and oxygen atoms in total. The third-order valence-corrected chi connectivity index (χ3v) is 3.89. The van der Waals surface area contributed by atoms with Crippen molar-refractivity contribution in [1.82, 2.24) is 19.9 Å². The van der Waals surface area contributed by atoms with E-state index in [2.05, 4.69) is 10.3 Å². The maximum atomic E-state index is 12.5. The number of hydrogen-bond donors (Lipinski definition) is 1. The molecule has 1 fully saturated rings. The van der Waals surface area contributed by atoms with Crippen molar-refractivity contribution in [3.8, 4) is 0 Å². The molecule has 1 aromatic rings. The van der Waals surface area contributed by atoms with Crippen molar-refractivity contribution in [2.24, 2.45) is 5.92 Å². The van der Waals surface area contributed by atoms with Crippen LogP contribution in [0.5, 0.6) is 0 Å². The summed E-state index contributed by atoms with van der Waals surface area (Å²) in [6.45, 7) is 1.57. The van der Waals surface area contributed by atoms with Gasteiger partial charge < -0.3 is 10.0 Å². The number of amides is 1. The third kappa shape index (κ3) is 4.20. The summed E-state index contributed by atoms with van der Waals surface area (Å²) in [5.74, 6) is -3.46. The molecule has 128 valence electrons. The van der Waals surface area contributed by atoms with Gasteiger partial charge in [0.1, 0.15) is 0 Å². The van der Waals surface area contributed by atoms with Crippen LogP contribution in [0.2, 0.25) is 0 Å². The lowest BCUT2D eigenvalue weighted by molar-refractivity contribution is -0.176. The van der Waals surface area contributed by atoms with Crippen LogP contribution >= 0.6 is 0 Å². The number of halogens is 3. The van der Waals surface area contributed by atoms with Gasteiger partial charge in [-0.2, -0.15) is 13.2 Å². The fraction of sp³-hybridized carbons (Fsp3) is 0.692. The number of aromatic nitrogens is 3. The Bertz CT molecular complexity index is 587. The fourth-order valence-electron chi connectivity index (χ4n) is 2.46. The minimum Gasteiger partial charge on any atom is -0.476 e. The number of alkyl halides is 3. The van der Waals surface area contributed by atoms with Crippen LogP contribution in [-0.2, 0) is 4.79 Å². The molecule has 0 spiro atoms. The van der Waals surface area contributed by atoms with Crippen molar-refractivity contribution in [1.29, 1.82) is 0 Å². The van der Waals surface area contributed by atoms with Gasteiger partial charge in [-0.3, -0.25) is 4.79 Å². The summed E-state index contributed by atoms with van der Waals surface area (Å²) in [7, 11) is 0. The Morgan fingerprint density at radius 1 is 1.48 bits per heavy atom. The normalized spacial score (nSPS) is 20.3. The Kier molecular flexibility index (Phi) is 4.90. The van der Waals surface area contributed by atoms with E-state index in [1.54, 1.807) is 0 Å². The van der Waals surface area contributed by atoms with Crippen LogP contribution in [0.4, 0.5) is 13.2 Å². The zero-order valence-corrected chi connectivity index (χ0v) is 12.5. The Hall–Kier alpha value is -2.13. The zero-order valence-electron chi connectivity index (χ0n) is 12.5. The molecular formula is C13H17F3N4O3. The largest absolute Gasteiger partial charge is 0.476 e. The van der Waals surface area contributed by atoms with Crippen molar-refractivity contribution >= 4 is 11.9 Å².